The third kappa shape index (κ3) is 2.12. The van der Waals surface area contributed by atoms with Crippen molar-refractivity contribution in [3.05, 3.63) is 39.3 Å². The molecular formula is C12H15ClN2OS. The fraction of sp³-hybridized carbons (Fsp3) is 0.417. The van der Waals surface area contributed by atoms with Gasteiger partial charge in [0.1, 0.15) is 5.60 Å². The average molecular weight is 271 g/mol. The fourth-order valence-electron chi connectivity index (χ4n) is 1.86. The van der Waals surface area contributed by atoms with Crippen molar-refractivity contribution in [1.29, 1.82) is 0 Å². The van der Waals surface area contributed by atoms with Crippen LogP contribution in [-0.4, -0.2) is 14.9 Å². The summed E-state index contributed by atoms with van der Waals surface area (Å²) >= 11 is 7.66. The number of aliphatic hydroxyl groups is 1. The number of rotatable bonds is 3. The smallest absolute Gasteiger partial charge is 0.139 e. The molecule has 0 saturated carbocycles. The van der Waals surface area contributed by atoms with Crippen molar-refractivity contribution in [2.45, 2.75) is 32.4 Å². The molecule has 3 nitrogen and oxygen atoms in total. The van der Waals surface area contributed by atoms with Crippen molar-refractivity contribution in [3.63, 3.8) is 0 Å². The number of thiophene rings is 1. The lowest BCUT2D eigenvalue weighted by Gasteiger charge is -2.25. The zero-order valence-corrected chi connectivity index (χ0v) is 11.6. The summed E-state index contributed by atoms with van der Waals surface area (Å²) < 4.78 is 1.77. The molecule has 2 aromatic heterocycles. The van der Waals surface area contributed by atoms with E-state index < -0.39 is 5.60 Å². The number of aromatic nitrogens is 2. The Labute approximate surface area is 110 Å². The first-order valence-electron chi connectivity index (χ1n) is 5.44. The van der Waals surface area contributed by atoms with Gasteiger partial charge in [-0.25, -0.2) is 0 Å². The van der Waals surface area contributed by atoms with Crippen LogP contribution in [0.25, 0.3) is 0 Å². The van der Waals surface area contributed by atoms with Crippen LogP contribution in [0.4, 0.5) is 0 Å². The highest BCUT2D eigenvalue weighted by molar-refractivity contribution is 7.10. The average Bonchev–Trinajstić information content (AvgIpc) is 2.84. The Morgan fingerprint density at radius 3 is 2.76 bits per heavy atom. The molecule has 1 atom stereocenters. The van der Waals surface area contributed by atoms with E-state index in [1.54, 1.807) is 17.8 Å². The standard InChI is InChI=1S/C12H15ClN2OS/c1-8(2)15-11(9(13)7-14-15)12(3,16)10-5-4-6-17-10/h4-8,16H,1-3H3. The normalized spacial score (nSPS) is 15.2. The molecule has 0 spiro atoms. The Morgan fingerprint density at radius 1 is 1.53 bits per heavy atom. The topological polar surface area (TPSA) is 38.0 Å². The second kappa shape index (κ2) is 4.44. The molecule has 0 fully saturated rings. The van der Waals surface area contributed by atoms with Crippen LogP contribution in [0, 0.1) is 0 Å². The van der Waals surface area contributed by atoms with Crippen molar-refractivity contribution in [2.75, 3.05) is 0 Å². The monoisotopic (exact) mass is 270 g/mol. The molecule has 1 N–H and O–H groups in total. The molecule has 17 heavy (non-hydrogen) atoms. The maximum Gasteiger partial charge on any atom is 0.139 e. The van der Waals surface area contributed by atoms with Gasteiger partial charge in [-0.05, 0) is 32.2 Å². The second-order valence-corrected chi connectivity index (χ2v) is 5.78. The zero-order valence-electron chi connectivity index (χ0n) is 10.0. The Hall–Kier alpha value is -0.840. The van der Waals surface area contributed by atoms with Crippen molar-refractivity contribution in [3.8, 4) is 0 Å². The SMILES string of the molecule is CC(C)n1ncc(Cl)c1C(C)(O)c1cccs1. The third-order valence-corrected chi connectivity index (χ3v) is 4.06. The van der Waals surface area contributed by atoms with Crippen LogP contribution in [0.3, 0.4) is 0 Å². The van der Waals surface area contributed by atoms with Gasteiger partial charge in [0.25, 0.3) is 0 Å². The van der Waals surface area contributed by atoms with E-state index in [1.165, 1.54) is 11.3 Å². The van der Waals surface area contributed by atoms with Gasteiger partial charge >= 0.3 is 0 Å². The molecule has 0 aliphatic heterocycles. The minimum Gasteiger partial charge on any atom is -0.378 e. The van der Waals surface area contributed by atoms with Gasteiger partial charge < -0.3 is 5.11 Å². The van der Waals surface area contributed by atoms with E-state index in [1.807, 2.05) is 31.4 Å². The number of nitrogens with zero attached hydrogens (tertiary/aromatic N) is 2. The molecule has 5 heteroatoms. The molecule has 92 valence electrons. The Balaban J connectivity index is 2.56. The van der Waals surface area contributed by atoms with Gasteiger partial charge in [-0.2, -0.15) is 5.10 Å². The first kappa shape index (κ1) is 12.6. The predicted molar refractivity (Wildman–Crippen MR) is 70.6 cm³/mol. The lowest BCUT2D eigenvalue weighted by molar-refractivity contribution is 0.0940. The first-order chi connectivity index (χ1) is 7.94. The van der Waals surface area contributed by atoms with Gasteiger partial charge in [-0.1, -0.05) is 17.7 Å². The molecule has 0 bridgehead atoms. The van der Waals surface area contributed by atoms with Crippen molar-refractivity contribution < 1.29 is 5.11 Å². The number of hydrogen-bond acceptors (Lipinski definition) is 3. The van der Waals surface area contributed by atoms with Gasteiger partial charge in [0, 0.05) is 10.9 Å². The van der Waals surface area contributed by atoms with E-state index in [-0.39, 0.29) is 6.04 Å². The highest BCUT2D eigenvalue weighted by Crippen LogP contribution is 2.37. The van der Waals surface area contributed by atoms with Crippen LogP contribution >= 0.6 is 22.9 Å². The summed E-state index contributed by atoms with van der Waals surface area (Å²) in [5.41, 5.74) is -0.455. The van der Waals surface area contributed by atoms with E-state index in [0.717, 1.165) is 4.88 Å². The summed E-state index contributed by atoms with van der Waals surface area (Å²) in [7, 11) is 0. The summed E-state index contributed by atoms with van der Waals surface area (Å²) in [4.78, 5) is 0.863. The molecular weight excluding hydrogens is 256 g/mol. The van der Waals surface area contributed by atoms with Crippen LogP contribution in [0.5, 0.6) is 0 Å². The summed E-state index contributed by atoms with van der Waals surface area (Å²) in [5.74, 6) is 0. The molecule has 2 rings (SSSR count). The third-order valence-electron chi connectivity index (χ3n) is 2.70. The van der Waals surface area contributed by atoms with E-state index in [4.69, 9.17) is 11.6 Å². The second-order valence-electron chi connectivity index (χ2n) is 4.43. The summed E-state index contributed by atoms with van der Waals surface area (Å²) in [6, 6.07) is 3.97. The van der Waals surface area contributed by atoms with E-state index in [0.29, 0.717) is 10.7 Å². The van der Waals surface area contributed by atoms with Crippen LogP contribution in [-0.2, 0) is 5.60 Å². The maximum absolute atomic E-state index is 10.7. The van der Waals surface area contributed by atoms with Crippen LogP contribution in [0.15, 0.2) is 23.7 Å². The Bertz CT molecular complexity index is 503. The molecule has 2 aromatic rings. The Morgan fingerprint density at radius 2 is 2.24 bits per heavy atom. The Kier molecular flexibility index (Phi) is 3.30. The molecule has 0 aliphatic rings. The van der Waals surface area contributed by atoms with E-state index in [9.17, 15) is 5.11 Å². The van der Waals surface area contributed by atoms with Crippen LogP contribution in [0.2, 0.25) is 5.02 Å². The van der Waals surface area contributed by atoms with Gasteiger partial charge in [-0.15, -0.1) is 11.3 Å². The lowest BCUT2D eigenvalue weighted by atomic mass is 10.00. The molecule has 1 unspecified atom stereocenters. The minimum absolute atomic E-state index is 0.156. The predicted octanol–water partition coefficient (Wildman–Crippen LogP) is 3.43. The fourth-order valence-corrected chi connectivity index (χ4v) is 2.96. The molecule has 2 heterocycles. The van der Waals surface area contributed by atoms with Crippen molar-refractivity contribution in [2.24, 2.45) is 0 Å². The highest BCUT2D eigenvalue weighted by Gasteiger charge is 2.33. The van der Waals surface area contributed by atoms with Gasteiger partial charge in [0.2, 0.25) is 0 Å². The minimum atomic E-state index is -1.11. The molecule has 0 aromatic carbocycles. The van der Waals surface area contributed by atoms with Crippen molar-refractivity contribution >= 4 is 22.9 Å². The van der Waals surface area contributed by atoms with E-state index >= 15 is 0 Å². The summed E-state index contributed by atoms with van der Waals surface area (Å²) in [5, 5.41) is 17.4. The summed E-state index contributed by atoms with van der Waals surface area (Å²) in [6.45, 7) is 5.77. The van der Waals surface area contributed by atoms with Crippen LogP contribution in [0.1, 0.15) is 37.4 Å². The van der Waals surface area contributed by atoms with Gasteiger partial charge in [0.05, 0.1) is 16.9 Å². The zero-order chi connectivity index (χ0) is 12.6. The molecule has 0 aliphatic carbocycles. The molecule has 0 radical (unpaired) electrons. The molecule has 0 saturated heterocycles. The highest BCUT2D eigenvalue weighted by atomic mass is 35.5. The largest absolute Gasteiger partial charge is 0.378 e. The summed E-state index contributed by atoms with van der Waals surface area (Å²) in [6.07, 6.45) is 1.58. The lowest BCUT2D eigenvalue weighted by Crippen LogP contribution is -2.27. The maximum atomic E-state index is 10.7. The quantitative estimate of drug-likeness (QED) is 0.928. The number of hydrogen-bond donors (Lipinski definition) is 1. The van der Waals surface area contributed by atoms with Crippen molar-refractivity contribution in [1.82, 2.24) is 9.78 Å². The van der Waals surface area contributed by atoms with Gasteiger partial charge in [0.15, 0.2) is 0 Å². The number of halogens is 1. The van der Waals surface area contributed by atoms with Gasteiger partial charge in [-0.3, -0.25) is 4.68 Å². The van der Waals surface area contributed by atoms with E-state index in [2.05, 4.69) is 5.10 Å². The molecule has 0 amide bonds. The first-order valence-corrected chi connectivity index (χ1v) is 6.70. The van der Waals surface area contributed by atoms with Crippen LogP contribution < -0.4 is 0 Å².